The van der Waals surface area contributed by atoms with Gasteiger partial charge in [-0.2, -0.15) is 0 Å². The molecule has 0 amide bonds. The first-order chi connectivity index (χ1) is 32.8. The third-order valence-electron chi connectivity index (χ3n) is 12.8. The fourth-order valence-electron chi connectivity index (χ4n) is 8.74. The van der Waals surface area contributed by atoms with Crippen molar-refractivity contribution >= 4 is 0 Å². The molecule has 6 fully saturated rings. The van der Waals surface area contributed by atoms with Crippen molar-refractivity contribution in [3.8, 4) is 0 Å². The van der Waals surface area contributed by atoms with E-state index in [9.17, 15) is 86.8 Å². The molecule has 18 N–H and O–H groups in total. The molecule has 0 aliphatic carbocycles. The van der Waals surface area contributed by atoms with E-state index in [0.717, 1.165) is 0 Å². The summed E-state index contributed by atoms with van der Waals surface area (Å²) >= 11 is 0. The van der Waals surface area contributed by atoms with Crippen LogP contribution >= 0.6 is 0 Å². The summed E-state index contributed by atoms with van der Waals surface area (Å²) in [5, 5.41) is 181. The van der Waals surface area contributed by atoms with E-state index in [2.05, 4.69) is 6.58 Å². The maximum absolute atomic E-state index is 11.6. The average molecular weight is 1240 g/mol. The molecule has 0 aromatic rings. The molecule has 6 saturated heterocycles. The van der Waals surface area contributed by atoms with Gasteiger partial charge < -0.3 is 149 Å². The van der Waals surface area contributed by atoms with Crippen LogP contribution in [-0.4, -0.2) is 311 Å². The topological polar surface area (TPSA) is 478 Å². The van der Waals surface area contributed by atoms with Crippen molar-refractivity contribution < 1.29 is 188 Å². The van der Waals surface area contributed by atoms with Crippen molar-refractivity contribution in [2.24, 2.45) is 0 Å². The Bertz CT molecular complexity index is 1580. The molecule has 31 heteroatoms. The van der Waals surface area contributed by atoms with Crippen LogP contribution in [0.1, 0.15) is 6.92 Å². The summed E-state index contributed by atoms with van der Waals surface area (Å²) in [5.74, 6) is 0. The second kappa shape index (κ2) is 26.8. The molecule has 30 nitrogen and oxygen atoms in total. The first-order valence-corrected chi connectivity index (χ1v) is 22.1. The van der Waals surface area contributed by atoms with Crippen molar-refractivity contribution in [1.82, 2.24) is 0 Å². The van der Waals surface area contributed by atoms with Gasteiger partial charge in [0.15, 0.2) is 31.5 Å². The molecular formula is C39H66AcNO29-. The number of hydrogen-bond donors (Lipinski definition) is 17. The summed E-state index contributed by atoms with van der Waals surface area (Å²) in [6.07, 6.45) is -51.2. The van der Waals surface area contributed by atoms with E-state index in [1.807, 2.05) is 0 Å². The summed E-state index contributed by atoms with van der Waals surface area (Å²) in [7, 11) is 0. The molecule has 21 unspecified atom stereocenters. The van der Waals surface area contributed by atoms with Gasteiger partial charge in [-0.05, 0) is 6.92 Å². The zero-order valence-corrected chi connectivity index (χ0v) is 42.2. The van der Waals surface area contributed by atoms with Crippen molar-refractivity contribution in [2.75, 3.05) is 39.6 Å². The van der Waals surface area contributed by atoms with E-state index in [-0.39, 0.29) is 50.7 Å². The predicted octanol–water partition coefficient (Wildman–Crippen LogP) is -10.8. The van der Waals surface area contributed by atoms with Crippen LogP contribution in [0.3, 0.4) is 0 Å². The quantitative estimate of drug-likeness (QED) is 0.0567. The molecular weight excluding hydrogens is 1170 g/mol. The Morgan fingerprint density at radius 2 is 0.757 bits per heavy atom. The van der Waals surface area contributed by atoms with Gasteiger partial charge in [0.1, 0.15) is 134 Å². The summed E-state index contributed by atoms with van der Waals surface area (Å²) in [4.78, 5) is 0. The summed E-state index contributed by atoms with van der Waals surface area (Å²) in [6.45, 7) is 0.0177. The molecule has 30 atom stereocenters. The maximum Gasteiger partial charge on any atom is 0.187 e. The minimum atomic E-state index is -2.17. The van der Waals surface area contributed by atoms with Crippen LogP contribution < -0.4 is 0 Å². The van der Waals surface area contributed by atoms with E-state index >= 15 is 0 Å². The van der Waals surface area contributed by atoms with Gasteiger partial charge in [0.05, 0.1) is 51.8 Å². The van der Waals surface area contributed by atoms with E-state index in [4.69, 9.17) is 62.6 Å². The number of hydrogen-bond acceptors (Lipinski definition) is 29. The van der Waals surface area contributed by atoms with Gasteiger partial charge in [0.25, 0.3) is 0 Å². The van der Waals surface area contributed by atoms with E-state index in [1.54, 1.807) is 0 Å². The summed E-state index contributed by atoms with van der Waals surface area (Å²) in [6, 6.07) is -1.98. The Morgan fingerprint density at radius 1 is 0.386 bits per heavy atom. The van der Waals surface area contributed by atoms with Crippen LogP contribution in [0.25, 0.3) is 5.73 Å². The number of aliphatic hydroxyl groups excluding tert-OH is 17. The Labute approximate surface area is 434 Å². The summed E-state index contributed by atoms with van der Waals surface area (Å²) in [5.41, 5.74) is 9.06. The number of rotatable bonds is 18. The molecule has 0 aromatic heterocycles. The second-order valence-electron chi connectivity index (χ2n) is 17.4. The summed E-state index contributed by atoms with van der Waals surface area (Å²) < 4.78 is 67.7. The molecule has 0 bridgehead atoms. The number of ether oxygens (including phenoxy) is 12. The Morgan fingerprint density at radius 3 is 1.30 bits per heavy atom. The van der Waals surface area contributed by atoms with Gasteiger partial charge in [-0.25, -0.2) is 0 Å². The van der Waals surface area contributed by atoms with Crippen LogP contribution in [0, 0.1) is 44.1 Å². The van der Waals surface area contributed by atoms with E-state index in [1.165, 1.54) is 13.0 Å². The third-order valence-corrected chi connectivity index (χ3v) is 12.8. The minimum absolute atomic E-state index is 0. The molecule has 70 heavy (non-hydrogen) atoms. The normalized spacial score (nSPS) is 51.4. The zero-order chi connectivity index (χ0) is 50.8. The van der Waals surface area contributed by atoms with Gasteiger partial charge in [0.2, 0.25) is 0 Å². The molecule has 0 saturated carbocycles. The van der Waals surface area contributed by atoms with Crippen LogP contribution in [0.15, 0.2) is 12.7 Å². The smallest absolute Gasteiger partial charge is 0.187 e. The first-order valence-electron chi connectivity index (χ1n) is 22.1. The monoisotopic (exact) mass is 1240 g/mol. The van der Waals surface area contributed by atoms with Crippen LogP contribution in [0.2, 0.25) is 0 Å². The Hall–Kier alpha value is -0.0184. The van der Waals surface area contributed by atoms with Gasteiger partial charge >= 0.3 is 0 Å². The van der Waals surface area contributed by atoms with Crippen LogP contribution in [-0.2, 0) is 56.8 Å². The van der Waals surface area contributed by atoms with E-state index < -0.39 is 217 Å². The van der Waals surface area contributed by atoms with Crippen molar-refractivity contribution in [3.05, 3.63) is 18.4 Å². The van der Waals surface area contributed by atoms with Gasteiger partial charge in [-0.1, -0.05) is 12.1 Å². The fourth-order valence-corrected chi connectivity index (χ4v) is 8.74. The molecule has 1 radical (unpaired) electrons. The minimum Gasteiger partial charge on any atom is -0.668 e. The molecule has 6 aliphatic rings. The molecule has 6 aliphatic heterocycles. The largest absolute Gasteiger partial charge is 0.668 e. The number of aliphatic hydroxyl groups is 17. The molecule has 0 aromatic carbocycles. The second-order valence-corrected chi connectivity index (χ2v) is 17.4. The Kier molecular flexibility index (Phi) is 23.3. The standard InChI is InChI=1S/C39H66NO29.Ac/c1-3-4-58-35-26(55)23(52)29(14(8-44)63-35)65-37-27(56)24(53)30(15(9-45)64-37)66-38-28(57)32(20(49)13(7-43)61-38)68-34-16(40)31(19(48)12(6-42)60-34)67-39-33(22(51)18(47)11(5-41)62-39)69-36-25(54)21(50)17(46)10(2)59-36;/h3,10-57H,1,4-9H2,2H3;/q-1;/t10?,11?,12?,13?,14?,15?,16?,17?,18-,19-,20-,21?,22?,23?,24?,25?,26?,27?,28?,29-,30-,31?,32?,33?,34?,35+,36?,37-,38-,39-;/m0./s1. The average Bonchev–Trinajstić information content (AvgIpc) is 3.34. The predicted molar refractivity (Wildman–Crippen MR) is 214 cm³/mol. The SMILES string of the molecule is C=CCO[C@@H]1OC(CO)[C@H](O[C@@H]2OC(CO)[C@H](O[C@@H]3OC(CO)[C@H](O)C(OC4OC(CO)[C@H](O)C(O[C@@H]5OC(CO)[C@H](O)C(O)C5OC5OC(C)C(O)C(O)C5O)C4[NH-])C3O)C(O)C2O)C(O)C1O.[Ac]. The van der Waals surface area contributed by atoms with Gasteiger partial charge in [0, 0.05) is 44.1 Å². The van der Waals surface area contributed by atoms with Crippen LogP contribution in [0.5, 0.6) is 0 Å². The molecule has 6 rings (SSSR count). The Balaban J connectivity index is 0.00000913. The maximum atomic E-state index is 11.6. The molecule has 405 valence electrons. The zero-order valence-electron chi connectivity index (χ0n) is 37.4. The molecule has 6 heterocycles. The fraction of sp³-hybridized carbons (Fsp3) is 0.949. The van der Waals surface area contributed by atoms with Crippen LogP contribution in [0.4, 0.5) is 0 Å². The van der Waals surface area contributed by atoms with Crippen molar-refractivity contribution in [3.63, 3.8) is 0 Å². The first kappa shape index (κ1) is 60.8. The van der Waals surface area contributed by atoms with Gasteiger partial charge in [-0.3, -0.25) is 0 Å². The van der Waals surface area contributed by atoms with Crippen molar-refractivity contribution in [2.45, 2.75) is 191 Å². The molecule has 0 spiro atoms. The van der Waals surface area contributed by atoms with E-state index in [0.29, 0.717) is 0 Å². The van der Waals surface area contributed by atoms with Crippen molar-refractivity contribution in [1.29, 1.82) is 0 Å². The number of nitrogens with one attached hydrogen (secondary N) is 1. The van der Waals surface area contributed by atoms with Gasteiger partial charge in [-0.15, -0.1) is 6.58 Å². The third kappa shape index (κ3) is 12.9.